The van der Waals surface area contributed by atoms with Crippen LogP contribution in [0, 0.1) is 0 Å². The molecule has 0 aromatic heterocycles. The lowest BCUT2D eigenvalue weighted by molar-refractivity contribution is -0.118. The molecule has 0 saturated carbocycles. The van der Waals surface area contributed by atoms with Crippen molar-refractivity contribution in [1.29, 1.82) is 0 Å². The molecule has 0 aliphatic heterocycles. The SMILES string of the molecule is CCOc1ccc(NC(=O)COc2ccc(C(C)C)cc2)cc1S(=O)(=O)N(C)C. The number of rotatable bonds is 9. The van der Waals surface area contributed by atoms with Gasteiger partial charge in [-0.25, -0.2) is 12.7 Å². The summed E-state index contributed by atoms with van der Waals surface area (Å²) in [5, 5.41) is 2.66. The Morgan fingerprint density at radius 1 is 1.07 bits per heavy atom. The van der Waals surface area contributed by atoms with Gasteiger partial charge in [-0.15, -0.1) is 0 Å². The lowest BCUT2D eigenvalue weighted by Gasteiger charge is -2.16. The molecule has 0 aliphatic rings. The highest BCUT2D eigenvalue weighted by atomic mass is 32.2. The van der Waals surface area contributed by atoms with E-state index in [0.717, 1.165) is 4.31 Å². The molecule has 0 atom stereocenters. The zero-order valence-electron chi connectivity index (χ0n) is 17.4. The molecule has 0 aliphatic carbocycles. The molecule has 7 nitrogen and oxygen atoms in total. The van der Waals surface area contributed by atoms with E-state index in [1.54, 1.807) is 13.0 Å². The van der Waals surface area contributed by atoms with Crippen molar-refractivity contribution in [3.05, 3.63) is 48.0 Å². The van der Waals surface area contributed by atoms with Crippen molar-refractivity contribution in [3.8, 4) is 11.5 Å². The summed E-state index contributed by atoms with van der Waals surface area (Å²) in [6, 6.07) is 12.1. The normalized spacial score (nSPS) is 11.6. The van der Waals surface area contributed by atoms with Crippen LogP contribution in [0.1, 0.15) is 32.3 Å². The zero-order chi connectivity index (χ0) is 21.6. The minimum atomic E-state index is -3.73. The van der Waals surface area contributed by atoms with Crippen LogP contribution in [0.25, 0.3) is 0 Å². The molecule has 2 rings (SSSR count). The van der Waals surface area contributed by atoms with Crippen LogP contribution in [0.3, 0.4) is 0 Å². The summed E-state index contributed by atoms with van der Waals surface area (Å²) in [6.45, 7) is 6.11. The average Bonchev–Trinajstić information content (AvgIpc) is 2.67. The number of ether oxygens (including phenoxy) is 2. The molecule has 0 bridgehead atoms. The van der Waals surface area contributed by atoms with E-state index >= 15 is 0 Å². The van der Waals surface area contributed by atoms with Gasteiger partial charge in [0.15, 0.2) is 6.61 Å². The molecule has 1 amide bonds. The van der Waals surface area contributed by atoms with E-state index < -0.39 is 15.9 Å². The highest BCUT2D eigenvalue weighted by molar-refractivity contribution is 7.89. The van der Waals surface area contributed by atoms with Gasteiger partial charge in [0.2, 0.25) is 10.0 Å². The van der Waals surface area contributed by atoms with Crippen molar-refractivity contribution in [2.75, 3.05) is 32.6 Å². The quantitative estimate of drug-likeness (QED) is 0.671. The summed E-state index contributed by atoms with van der Waals surface area (Å²) in [5.41, 5.74) is 1.53. The molecule has 0 radical (unpaired) electrons. The predicted octanol–water partition coefficient (Wildman–Crippen LogP) is 3.48. The number of nitrogens with zero attached hydrogens (tertiary/aromatic N) is 1. The number of benzene rings is 2. The Labute approximate surface area is 172 Å². The van der Waals surface area contributed by atoms with E-state index in [-0.39, 0.29) is 17.3 Å². The molecule has 0 saturated heterocycles. The molecule has 8 heteroatoms. The Bertz CT molecular complexity index is 938. The standard InChI is InChI=1S/C21H28N2O5S/c1-6-27-19-12-9-17(13-20(19)29(25,26)23(4)5)22-21(24)14-28-18-10-7-16(8-11-18)15(2)3/h7-13,15H,6,14H2,1-5H3,(H,22,24). The number of amides is 1. The van der Waals surface area contributed by atoms with Crippen molar-refractivity contribution in [3.63, 3.8) is 0 Å². The van der Waals surface area contributed by atoms with Crippen LogP contribution in [-0.4, -0.2) is 45.9 Å². The molecule has 0 spiro atoms. The molecule has 158 valence electrons. The fraction of sp³-hybridized carbons (Fsp3) is 0.381. The third-order valence-electron chi connectivity index (χ3n) is 4.20. The monoisotopic (exact) mass is 420 g/mol. The summed E-state index contributed by atoms with van der Waals surface area (Å²) in [5.74, 6) is 0.850. The lowest BCUT2D eigenvalue weighted by atomic mass is 10.0. The predicted molar refractivity (Wildman–Crippen MR) is 113 cm³/mol. The summed E-state index contributed by atoms with van der Waals surface area (Å²) >= 11 is 0. The molecular formula is C21H28N2O5S. The van der Waals surface area contributed by atoms with Gasteiger partial charge in [0.05, 0.1) is 6.61 Å². The van der Waals surface area contributed by atoms with Gasteiger partial charge in [-0.2, -0.15) is 0 Å². The maximum absolute atomic E-state index is 12.6. The topological polar surface area (TPSA) is 84.9 Å². The Hall–Kier alpha value is -2.58. The van der Waals surface area contributed by atoms with Crippen LogP contribution in [0.5, 0.6) is 11.5 Å². The molecule has 29 heavy (non-hydrogen) atoms. The Kier molecular flexibility index (Phi) is 7.64. The first kappa shape index (κ1) is 22.7. The number of sulfonamides is 1. The van der Waals surface area contributed by atoms with Gasteiger partial charge < -0.3 is 14.8 Å². The second-order valence-corrected chi connectivity index (χ2v) is 9.06. The van der Waals surface area contributed by atoms with Gasteiger partial charge >= 0.3 is 0 Å². The average molecular weight is 421 g/mol. The van der Waals surface area contributed by atoms with Gasteiger partial charge in [0.25, 0.3) is 5.91 Å². The second kappa shape index (κ2) is 9.76. The second-order valence-electron chi connectivity index (χ2n) is 6.94. The molecule has 2 aromatic carbocycles. The summed E-state index contributed by atoms with van der Waals surface area (Å²) < 4.78 is 37.1. The van der Waals surface area contributed by atoms with E-state index in [1.165, 1.54) is 31.8 Å². The van der Waals surface area contributed by atoms with Crippen LogP contribution in [0.2, 0.25) is 0 Å². The minimum Gasteiger partial charge on any atom is -0.492 e. The third-order valence-corrected chi connectivity index (χ3v) is 6.04. The molecule has 1 N–H and O–H groups in total. The minimum absolute atomic E-state index is 0.00709. The number of hydrogen-bond acceptors (Lipinski definition) is 5. The number of carbonyl (C=O) groups excluding carboxylic acids is 1. The van der Waals surface area contributed by atoms with Crippen LogP contribution in [0.4, 0.5) is 5.69 Å². The summed E-state index contributed by atoms with van der Waals surface area (Å²) in [4.78, 5) is 12.2. The Morgan fingerprint density at radius 2 is 1.72 bits per heavy atom. The first-order valence-corrected chi connectivity index (χ1v) is 10.8. The highest BCUT2D eigenvalue weighted by Gasteiger charge is 2.23. The zero-order valence-corrected chi connectivity index (χ0v) is 18.2. The van der Waals surface area contributed by atoms with Gasteiger partial charge in [0.1, 0.15) is 16.4 Å². The van der Waals surface area contributed by atoms with Gasteiger partial charge in [-0.05, 0) is 48.7 Å². The van der Waals surface area contributed by atoms with Crippen molar-refractivity contribution in [1.82, 2.24) is 4.31 Å². The highest BCUT2D eigenvalue weighted by Crippen LogP contribution is 2.29. The van der Waals surface area contributed by atoms with Gasteiger partial charge in [-0.3, -0.25) is 4.79 Å². The van der Waals surface area contributed by atoms with Crippen molar-refractivity contribution in [2.24, 2.45) is 0 Å². The summed E-state index contributed by atoms with van der Waals surface area (Å²) in [7, 11) is -0.850. The number of nitrogens with one attached hydrogen (secondary N) is 1. The van der Waals surface area contributed by atoms with E-state index in [0.29, 0.717) is 24.0 Å². The lowest BCUT2D eigenvalue weighted by Crippen LogP contribution is -2.24. The first-order chi connectivity index (χ1) is 13.6. The maximum Gasteiger partial charge on any atom is 0.262 e. The van der Waals surface area contributed by atoms with Crippen molar-refractivity contribution >= 4 is 21.6 Å². The first-order valence-electron chi connectivity index (χ1n) is 9.37. The Morgan fingerprint density at radius 3 is 2.28 bits per heavy atom. The number of anilines is 1. The Balaban J connectivity index is 2.09. The van der Waals surface area contributed by atoms with Crippen molar-refractivity contribution < 1.29 is 22.7 Å². The number of hydrogen-bond donors (Lipinski definition) is 1. The smallest absolute Gasteiger partial charge is 0.262 e. The van der Waals surface area contributed by atoms with Crippen molar-refractivity contribution in [2.45, 2.75) is 31.6 Å². The molecule has 0 unspecified atom stereocenters. The largest absolute Gasteiger partial charge is 0.492 e. The molecule has 0 fully saturated rings. The molecular weight excluding hydrogens is 392 g/mol. The van der Waals surface area contributed by atoms with Gasteiger partial charge in [-0.1, -0.05) is 26.0 Å². The summed E-state index contributed by atoms with van der Waals surface area (Å²) in [6.07, 6.45) is 0. The van der Waals surface area contributed by atoms with E-state index in [9.17, 15) is 13.2 Å². The van der Waals surface area contributed by atoms with Gasteiger partial charge in [0, 0.05) is 19.8 Å². The van der Waals surface area contributed by atoms with Crippen LogP contribution in [0.15, 0.2) is 47.4 Å². The van der Waals surface area contributed by atoms with Crippen LogP contribution >= 0.6 is 0 Å². The third kappa shape index (κ3) is 5.95. The fourth-order valence-electron chi connectivity index (χ4n) is 2.55. The van der Waals surface area contributed by atoms with E-state index in [1.807, 2.05) is 24.3 Å². The fourth-order valence-corrected chi connectivity index (χ4v) is 3.60. The van der Waals surface area contributed by atoms with Crippen LogP contribution < -0.4 is 14.8 Å². The van der Waals surface area contributed by atoms with Crippen LogP contribution in [-0.2, 0) is 14.8 Å². The molecule has 2 aromatic rings. The van der Waals surface area contributed by atoms with E-state index in [2.05, 4.69) is 19.2 Å². The maximum atomic E-state index is 12.6. The number of carbonyl (C=O) groups is 1. The van der Waals surface area contributed by atoms with E-state index in [4.69, 9.17) is 9.47 Å². The molecule has 0 heterocycles.